The normalized spacial score (nSPS) is 11.8. The van der Waals surface area contributed by atoms with Gasteiger partial charge in [0.15, 0.2) is 0 Å². The minimum Gasteiger partial charge on any atom is -0.325 e. The van der Waals surface area contributed by atoms with Gasteiger partial charge in [-0.25, -0.2) is 13.4 Å². The van der Waals surface area contributed by atoms with E-state index in [1.807, 2.05) is 37.4 Å². The molecule has 0 radical (unpaired) electrons. The molecule has 4 aromatic rings. The van der Waals surface area contributed by atoms with Crippen molar-refractivity contribution in [3.05, 3.63) is 75.7 Å². The molecule has 0 aliphatic carbocycles. The van der Waals surface area contributed by atoms with Crippen molar-refractivity contribution in [3.63, 3.8) is 0 Å². The van der Waals surface area contributed by atoms with Crippen LogP contribution in [0.25, 0.3) is 21.3 Å². The van der Waals surface area contributed by atoms with Gasteiger partial charge in [-0.1, -0.05) is 32.0 Å². The number of hydrogen-bond acceptors (Lipinski definition) is 6. The number of nitrogens with one attached hydrogen (secondary N) is 1. The molecule has 2 heterocycles. The Balaban J connectivity index is 1.55. The number of sulfonamides is 1. The monoisotopic (exact) mass is 524 g/mol. The highest BCUT2D eigenvalue weighted by molar-refractivity contribution is 7.89. The van der Waals surface area contributed by atoms with Gasteiger partial charge in [0.1, 0.15) is 11.4 Å². The maximum Gasteiger partial charge on any atom is 0.263 e. The number of carbonyl (C=O) groups is 1. The van der Waals surface area contributed by atoms with Crippen LogP contribution in [0.15, 0.2) is 63.9 Å². The highest BCUT2D eigenvalue weighted by atomic mass is 32.2. The molecular weight excluding hydrogens is 496 g/mol. The molecule has 1 amide bonds. The zero-order chi connectivity index (χ0) is 26.0. The quantitative estimate of drug-likeness (QED) is 0.368. The maximum absolute atomic E-state index is 13.3. The summed E-state index contributed by atoms with van der Waals surface area (Å²) in [6.45, 7) is 8.16. The summed E-state index contributed by atoms with van der Waals surface area (Å²) >= 11 is 1.39. The van der Waals surface area contributed by atoms with E-state index in [0.717, 1.165) is 16.7 Å². The molecule has 36 heavy (non-hydrogen) atoms. The second kappa shape index (κ2) is 10.3. The lowest BCUT2D eigenvalue weighted by molar-refractivity contribution is -0.116. The van der Waals surface area contributed by atoms with E-state index in [9.17, 15) is 18.0 Å². The van der Waals surface area contributed by atoms with Gasteiger partial charge in [-0.2, -0.15) is 4.31 Å². The van der Waals surface area contributed by atoms with Gasteiger partial charge in [0.25, 0.3) is 5.56 Å². The predicted octanol–water partition coefficient (Wildman–Crippen LogP) is 4.41. The molecule has 0 spiro atoms. The van der Waals surface area contributed by atoms with Gasteiger partial charge >= 0.3 is 0 Å². The molecule has 0 aliphatic rings. The molecule has 0 unspecified atom stereocenters. The first-order chi connectivity index (χ1) is 17.1. The maximum atomic E-state index is 13.3. The summed E-state index contributed by atoms with van der Waals surface area (Å²) in [4.78, 5) is 31.2. The van der Waals surface area contributed by atoms with Gasteiger partial charge in [-0.05, 0) is 54.8 Å². The van der Waals surface area contributed by atoms with Gasteiger partial charge in [0.2, 0.25) is 15.9 Å². The van der Waals surface area contributed by atoms with Crippen LogP contribution >= 0.6 is 11.3 Å². The Bertz CT molecular complexity index is 1580. The van der Waals surface area contributed by atoms with Crippen LogP contribution in [0.4, 0.5) is 5.69 Å². The van der Waals surface area contributed by atoms with Crippen molar-refractivity contribution in [2.24, 2.45) is 0 Å². The molecule has 8 nitrogen and oxygen atoms in total. The summed E-state index contributed by atoms with van der Waals surface area (Å²) < 4.78 is 28.0. The Morgan fingerprint density at radius 1 is 1.06 bits per heavy atom. The summed E-state index contributed by atoms with van der Waals surface area (Å²) in [6, 6.07) is 12.1. The van der Waals surface area contributed by atoms with Gasteiger partial charge in [-0.15, -0.1) is 11.3 Å². The van der Waals surface area contributed by atoms with Crippen LogP contribution in [0.1, 0.15) is 25.0 Å². The first kappa shape index (κ1) is 25.7. The van der Waals surface area contributed by atoms with Crippen molar-refractivity contribution in [1.29, 1.82) is 0 Å². The second-order valence-corrected chi connectivity index (χ2v) is 11.3. The third-order valence-electron chi connectivity index (χ3n) is 6.17. The predicted molar refractivity (Wildman–Crippen MR) is 144 cm³/mol. The SMILES string of the molecule is CCN(CC)S(=O)(=O)c1ccc(NC(=O)Cn2cnc3scc(-c4ccc(C)c(C)c4)c3c2=O)cc1. The van der Waals surface area contributed by atoms with Crippen molar-refractivity contribution < 1.29 is 13.2 Å². The lowest BCUT2D eigenvalue weighted by Crippen LogP contribution is -2.30. The van der Waals surface area contributed by atoms with Crippen molar-refractivity contribution in [3.8, 4) is 11.1 Å². The van der Waals surface area contributed by atoms with Crippen molar-refractivity contribution in [1.82, 2.24) is 13.9 Å². The summed E-state index contributed by atoms with van der Waals surface area (Å²) in [5.41, 5.74) is 4.19. The Hall–Kier alpha value is -3.34. The fourth-order valence-electron chi connectivity index (χ4n) is 3.98. The zero-order valence-corrected chi connectivity index (χ0v) is 22.2. The lowest BCUT2D eigenvalue weighted by Gasteiger charge is -2.18. The largest absolute Gasteiger partial charge is 0.325 e. The average molecular weight is 525 g/mol. The second-order valence-electron chi connectivity index (χ2n) is 8.47. The van der Waals surface area contributed by atoms with Gasteiger partial charge < -0.3 is 5.32 Å². The molecular formula is C26H28N4O4S2. The first-order valence-corrected chi connectivity index (χ1v) is 13.9. The Morgan fingerprint density at radius 3 is 2.39 bits per heavy atom. The van der Waals surface area contributed by atoms with Crippen molar-refractivity contribution in [2.75, 3.05) is 18.4 Å². The molecule has 2 aromatic carbocycles. The molecule has 0 bridgehead atoms. The molecule has 0 saturated carbocycles. The third kappa shape index (κ3) is 4.97. The number of aryl methyl sites for hydroxylation is 2. The molecule has 1 N–H and O–H groups in total. The van der Waals surface area contributed by atoms with E-state index < -0.39 is 15.9 Å². The van der Waals surface area contributed by atoms with E-state index in [1.54, 1.807) is 13.8 Å². The van der Waals surface area contributed by atoms with Crippen LogP contribution in [-0.4, -0.2) is 41.3 Å². The topological polar surface area (TPSA) is 101 Å². The molecule has 2 aromatic heterocycles. The Labute approximate surface area is 214 Å². The average Bonchev–Trinajstić information content (AvgIpc) is 3.28. The summed E-state index contributed by atoms with van der Waals surface area (Å²) in [6.07, 6.45) is 1.38. The zero-order valence-electron chi connectivity index (χ0n) is 20.6. The number of amides is 1. The summed E-state index contributed by atoms with van der Waals surface area (Å²) in [5, 5.41) is 5.13. The minimum atomic E-state index is -3.58. The van der Waals surface area contributed by atoms with Crippen LogP contribution in [-0.2, 0) is 21.4 Å². The van der Waals surface area contributed by atoms with Crippen LogP contribution < -0.4 is 10.9 Å². The smallest absolute Gasteiger partial charge is 0.263 e. The molecule has 4 rings (SSSR count). The fourth-order valence-corrected chi connectivity index (χ4v) is 6.34. The highest BCUT2D eigenvalue weighted by Gasteiger charge is 2.21. The number of hydrogen-bond donors (Lipinski definition) is 1. The molecule has 0 atom stereocenters. The Morgan fingerprint density at radius 2 is 1.75 bits per heavy atom. The molecule has 0 fully saturated rings. The molecule has 188 valence electrons. The third-order valence-corrected chi connectivity index (χ3v) is 9.12. The van der Waals surface area contributed by atoms with Crippen LogP contribution in [0.2, 0.25) is 0 Å². The van der Waals surface area contributed by atoms with Crippen molar-refractivity contribution >= 4 is 43.2 Å². The number of anilines is 1. The van der Waals surface area contributed by atoms with Crippen LogP contribution in [0.3, 0.4) is 0 Å². The molecule has 0 saturated heterocycles. The number of rotatable bonds is 8. The van der Waals surface area contributed by atoms with Crippen LogP contribution in [0, 0.1) is 13.8 Å². The number of benzene rings is 2. The van der Waals surface area contributed by atoms with E-state index >= 15 is 0 Å². The summed E-state index contributed by atoms with van der Waals surface area (Å²) in [7, 11) is -3.58. The first-order valence-electron chi connectivity index (χ1n) is 11.6. The van der Waals surface area contributed by atoms with E-state index in [1.165, 1.54) is 56.4 Å². The Kier molecular flexibility index (Phi) is 7.39. The van der Waals surface area contributed by atoms with E-state index in [4.69, 9.17) is 0 Å². The van der Waals surface area contributed by atoms with E-state index in [-0.39, 0.29) is 17.0 Å². The number of aromatic nitrogens is 2. The van der Waals surface area contributed by atoms with Crippen LogP contribution in [0.5, 0.6) is 0 Å². The molecule has 10 heteroatoms. The van der Waals surface area contributed by atoms with E-state index in [2.05, 4.69) is 10.3 Å². The number of nitrogens with zero attached hydrogens (tertiary/aromatic N) is 3. The van der Waals surface area contributed by atoms with Gasteiger partial charge in [-0.3, -0.25) is 14.2 Å². The fraction of sp³-hybridized carbons (Fsp3) is 0.269. The minimum absolute atomic E-state index is 0.159. The standard InChI is InChI=1S/C26H28N4O4S2/c1-5-30(6-2)36(33,34)21-11-9-20(10-12-21)28-23(31)14-29-16-27-25-24(26(29)32)22(15-35-25)19-8-7-17(3)18(4)13-19/h7-13,15-16H,5-6,14H2,1-4H3,(H,28,31). The van der Waals surface area contributed by atoms with Gasteiger partial charge in [0.05, 0.1) is 16.6 Å². The lowest BCUT2D eigenvalue weighted by atomic mass is 10.0. The number of fused-ring (bicyclic) bond motifs is 1. The summed E-state index contributed by atoms with van der Waals surface area (Å²) in [5.74, 6) is -0.416. The highest BCUT2D eigenvalue weighted by Crippen LogP contribution is 2.31. The number of carbonyl (C=O) groups excluding carboxylic acids is 1. The van der Waals surface area contributed by atoms with Crippen molar-refractivity contribution in [2.45, 2.75) is 39.1 Å². The van der Waals surface area contributed by atoms with E-state index in [0.29, 0.717) is 29.0 Å². The van der Waals surface area contributed by atoms with Gasteiger partial charge in [0, 0.05) is 29.7 Å². The number of thiophene rings is 1. The molecule has 0 aliphatic heterocycles.